The molecule has 0 aromatic heterocycles. The van der Waals surface area contributed by atoms with Gasteiger partial charge in [-0.25, -0.2) is 0 Å². The lowest BCUT2D eigenvalue weighted by Crippen LogP contribution is -2.36. The van der Waals surface area contributed by atoms with E-state index in [2.05, 4.69) is 57.4 Å². The molecule has 0 bridgehead atoms. The summed E-state index contributed by atoms with van der Waals surface area (Å²) in [6, 6.07) is 9.57. The first-order valence-electron chi connectivity index (χ1n) is 7.49. The summed E-state index contributed by atoms with van der Waals surface area (Å²) in [6.07, 6.45) is 1.19. The van der Waals surface area contributed by atoms with Crippen molar-refractivity contribution in [1.29, 1.82) is 0 Å². The normalized spacial score (nSPS) is 21.1. The lowest BCUT2D eigenvalue weighted by Gasteiger charge is -2.22. The van der Waals surface area contributed by atoms with Crippen molar-refractivity contribution in [3.63, 3.8) is 0 Å². The summed E-state index contributed by atoms with van der Waals surface area (Å²) in [5.74, 6) is 1.78. The maximum atomic E-state index is 5.50. The monoisotopic (exact) mass is 293 g/mol. The van der Waals surface area contributed by atoms with Crippen LogP contribution in [0.2, 0.25) is 0 Å². The largest absolute Gasteiger partial charge is 0.381 e. The van der Waals surface area contributed by atoms with Crippen LogP contribution < -0.4 is 5.32 Å². The molecule has 1 aliphatic rings. The van der Waals surface area contributed by atoms with Crippen LogP contribution in [0.4, 0.5) is 0 Å². The van der Waals surface area contributed by atoms with Crippen LogP contribution in [0.3, 0.4) is 0 Å². The molecule has 1 fully saturated rings. The summed E-state index contributed by atoms with van der Waals surface area (Å²) in [5, 5.41) is 3.45. The molecule has 1 saturated heterocycles. The third kappa shape index (κ3) is 4.24. The van der Waals surface area contributed by atoms with Gasteiger partial charge in [0, 0.05) is 29.2 Å². The standard InChI is InChI=1S/C17H27NOS/c1-17(2,3)14-5-7-15(8-6-14)20-12-16(18-4)13-9-10-19-11-13/h5-8,13,16,18H,9-12H2,1-4H3. The maximum absolute atomic E-state index is 5.50. The van der Waals surface area contributed by atoms with Crippen molar-refractivity contribution in [2.24, 2.45) is 5.92 Å². The molecule has 0 amide bonds. The van der Waals surface area contributed by atoms with Crippen LogP contribution in [0, 0.1) is 5.92 Å². The van der Waals surface area contributed by atoms with E-state index in [-0.39, 0.29) is 5.41 Å². The molecular weight excluding hydrogens is 266 g/mol. The van der Waals surface area contributed by atoms with E-state index >= 15 is 0 Å². The summed E-state index contributed by atoms with van der Waals surface area (Å²) in [6.45, 7) is 8.60. The molecule has 20 heavy (non-hydrogen) atoms. The second kappa shape index (κ2) is 6.97. The van der Waals surface area contributed by atoms with Crippen LogP contribution in [0.5, 0.6) is 0 Å². The van der Waals surface area contributed by atoms with E-state index in [0.29, 0.717) is 12.0 Å². The lowest BCUT2D eigenvalue weighted by atomic mass is 9.87. The SMILES string of the molecule is CNC(CSc1ccc(C(C)(C)C)cc1)C1CCOC1. The molecule has 0 saturated carbocycles. The molecule has 1 aromatic rings. The topological polar surface area (TPSA) is 21.3 Å². The molecule has 112 valence electrons. The first kappa shape index (κ1) is 15.9. The van der Waals surface area contributed by atoms with Crippen molar-refractivity contribution in [1.82, 2.24) is 5.32 Å². The van der Waals surface area contributed by atoms with E-state index in [1.54, 1.807) is 0 Å². The Balaban J connectivity index is 1.89. The van der Waals surface area contributed by atoms with Crippen LogP contribution in [0.25, 0.3) is 0 Å². The van der Waals surface area contributed by atoms with Gasteiger partial charge in [0.05, 0.1) is 6.61 Å². The lowest BCUT2D eigenvalue weighted by molar-refractivity contribution is 0.180. The van der Waals surface area contributed by atoms with Crippen molar-refractivity contribution >= 4 is 11.8 Å². The zero-order chi connectivity index (χ0) is 14.6. The van der Waals surface area contributed by atoms with E-state index in [0.717, 1.165) is 19.0 Å². The van der Waals surface area contributed by atoms with Gasteiger partial charge in [-0.3, -0.25) is 0 Å². The van der Waals surface area contributed by atoms with Gasteiger partial charge in [-0.05, 0) is 36.6 Å². The molecular formula is C17H27NOS. The quantitative estimate of drug-likeness (QED) is 0.836. The van der Waals surface area contributed by atoms with Crippen LogP contribution in [0.15, 0.2) is 29.2 Å². The van der Waals surface area contributed by atoms with Gasteiger partial charge in [-0.1, -0.05) is 32.9 Å². The zero-order valence-corrected chi connectivity index (χ0v) is 13.9. The Morgan fingerprint density at radius 1 is 1.30 bits per heavy atom. The highest BCUT2D eigenvalue weighted by atomic mass is 32.2. The fraction of sp³-hybridized carbons (Fsp3) is 0.647. The summed E-state index contributed by atoms with van der Waals surface area (Å²) in [7, 11) is 2.06. The molecule has 1 heterocycles. The fourth-order valence-electron chi connectivity index (χ4n) is 2.56. The molecule has 2 nitrogen and oxygen atoms in total. The van der Waals surface area contributed by atoms with E-state index in [1.165, 1.54) is 16.9 Å². The maximum Gasteiger partial charge on any atom is 0.0510 e. The Morgan fingerprint density at radius 3 is 2.50 bits per heavy atom. The van der Waals surface area contributed by atoms with Gasteiger partial charge in [-0.2, -0.15) is 0 Å². The molecule has 1 aromatic carbocycles. The minimum Gasteiger partial charge on any atom is -0.381 e. The molecule has 1 N–H and O–H groups in total. The minimum absolute atomic E-state index is 0.234. The third-order valence-corrected chi connectivity index (χ3v) is 5.19. The minimum atomic E-state index is 0.234. The summed E-state index contributed by atoms with van der Waals surface area (Å²) in [5.41, 5.74) is 1.63. The highest BCUT2D eigenvalue weighted by Crippen LogP contribution is 2.27. The van der Waals surface area contributed by atoms with Gasteiger partial charge in [0.15, 0.2) is 0 Å². The summed E-state index contributed by atoms with van der Waals surface area (Å²) in [4.78, 5) is 1.36. The number of hydrogen-bond donors (Lipinski definition) is 1. The van der Waals surface area contributed by atoms with Crippen LogP contribution >= 0.6 is 11.8 Å². The average Bonchev–Trinajstić information content (AvgIpc) is 2.93. The molecule has 0 aliphatic carbocycles. The Labute approximate surface area is 127 Å². The fourth-order valence-corrected chi connectivity index (χ4v) is 3.70. The van der Waals surface area contributed by atoms with E-state index in [4.69, 9.17) is 4.74 Å². The third-order valence-electron chi connectivity index (χ3n) is 4.05. The van der Waals surface area contributed by atoms with Crippen LogP contribution in [-0.4, -0.2) is 32.1 Å². The van der Waals surface area contributed by atoms with E-state index in [9.17, 15) is 0 Å². The highest BCUT2D eigenvalue weighted by molar-refractivity contribution is 7.99. The number of benzene rings is 1. The van der Waals surface area contributed by atoms with E-state index in [1.807, 2.05) is 11.8 Å². The van der Waals surface area contributed by atoms with Crippen molar-refractivity contribution < 1.29 is 4.74 Å². The predicted octanol–water partition coefficient (Wildman–Crippen LogP) is 3.70. The molecule has 3 heteroatoms. The number of ether oxygens (including phenoxy) is 1. The van der Waals surface area contributed by atoms with Crippen LogP contribution in [-0.2, 0) is 10.2 Å². The zero-order valence-electron chi connectivity index (χ0n) is 13.1. The predicted molar refractivity (Wildman–Crippen MR) is 87.6 cm³/mol. The number of hydrogen-bond acceptors (Lipinski definition) is 3. The Kier molecular flexibility index (Phi) is 5.53. The van der Waals surface area contributed by atoms with Gasteiger partial charge in [0.2, 0.25) is 0 Å². The molecule has 0 spiro atoms. The molecule has 0 radical (unpaired) electrons. The Bertz CT molecular complexity index is 404. The van der Waals surface area contributed by atoms with Crippen molar-refractivity contribution in [3.05, 3.63) is 29.8 Å². The summed E-state index contributed by atoms with van der Waals surface area (Å²) >= 11 is 1.94. The van der Waals surface area contributed by atoms with Crippen molar-refractivity contribution in [2.75, 3.05) is 26.0 Å². The van der Waals surface area contributed by atoms with Crippen molar-refractivity contribution in [3.8, 4) is 0 Å². The Hall–Kier alpha value is -0.510. The van der Waals surface area contributed by atoms with Gasteiger partial charge >= 0.3 is 0 Å². The Morgan fingerprint density at radius 2 is 2.00 bits per heavy atom. The number of nitrogens with one attached hydrogen (secondary N) is 1. The first-order chi connectivity index (χ1) is 9.50. The molecule has 2 rings (SSSR count). The van der Waals surface area contributed by atoms with E-state index < -0.39 is 0 Å². The van der Waals surface area contributed by atoms with Crippen LogP contribution in [0.1, 0.15) is 32.8 Å². The molecule has 1 aliphatic heterocycles. The second-order valence-corrected chi connectivity index (χ2v) is 7.70. The van der Waals surface area contributed by atoms with Gasteiger partial charge < -0.3 is 10.1 Å². The highest BCUT2D eigenvalue weighted by Gasteiger charge is 2.24. The average molecular weight is 293 g/mol. The van der Waals surface area contributed by atoms with Gasteiger partial charge in [0.25, 0.3) is 0 Å². The van der Waals surface area contributed by atoms with Gasteiger partial charge in [0.1, 0.15) is 0 Å². The molecule has 2 unspecified atom stereocenters. The second-order valence-electron chi connectivity index (χ2n) is 6.60. The van der Waals surface area contributed by atoms with Crippen molar-refractivity contribution in [2.45, 2.75) is 43.5 Å². The number of rotatable bonds is 5. The first-order valence-corrected chi connectivity index (χ1v) is 8.47. The summed E-state index contributed by atoms with van der Waals surface area (Å²) < 4.78 is 5.50. The molecule has 2 atom stereocenters. The smallest absolute Gasteiger partial charge is 0.0510 e. The van der Waals surface area contributed by atoms with Gasteiger partial charge in [-0.15, -0.1) is 11.8 Å². The number of thioether (sulfide) groups is 1.